The van der Waals surface area contributed by atoms with Gasteiger partial charge in [-0.3, -0.25) is 9.59 Å². The van der Waals surface area contributed by atoms with Gasteiger partial charge in [0.2, 0.25) is 0 Å². The molecule has 0 atom stereocenters. The Morgan fingerprint density at radius 1 is 1.05 bits per heavy atom. The molecule has 21 heavy (non-hydrogen) atoms. The van der Waals surface area contributed by atoms with Gasteiger partial charge in [-0.1, -0.05) is 20.8 Å². The Morgan fingerprint density at radius 2 is 1.67 bits per heavy atom. The highest BCUT2D eigenvalue weighted by atomic mass is 16.2. The van der Waals surface area contributed by atoms with Crippen LogP contribution in [0.4, 0.5) is 0 Å². The number of nitrogens with one attached hydrogen (secondary N) is 1. The van der Waals surface area contributed by atoms with Crippen molar-refractivity contribution in [1.82, 2.24) is 20.0 Å². The first-order valence-corrected chi connectivity index (χ1v) is 8.14. The molecule has 1 aliphatic rings. The van der Waals surface area contributed by atoms with E-state index in [9.17, 15) is 9.59 Å². The van der Waals surface area contributed by atoms with Gasteiger partial charge in [-0.15, -0.1) is 0 Å². The van der Waals surface area contributed by atoms with Crippen LogP contribution in [0.25, 0.3) is 0 Å². The van der Waals surface area contributed by atoms with Crippen molar-refractivity contribution in [2.24, 2.45) is 0 Å². The van der Waals surface area contributed by atoms with E-state index in [2.05, 4.69) is 35.9 Å². The molecular formula is C15H30N4O2. The molecule has 2 amide bonds. The summed E-state index contributed by atoms with van der Waals surface area (Å²) in [6, 6.07) is 0. The van der Waals surface area contributed by atoms with Crippen molar-refractivity contribution < 1.29 is 9.59 Å². The zero-order valence-electron chi connectivity index (χ0n) is 13.7. The van der Waals surface area contributed by atoms with Crippen molar-refractivity contribution in [2.45, 2.75) is 27.2 Å². The average molecular weight is 298 g/mol. The van der Waals surface area contributed by atoms with E-state index in [4.69, 9.17) is 0 Å². The smallest absolute Gasteiger partial charge is 0.311 e. The Hall–Kier alpha value is -1.14. The topological polar surface area (TPSA) is 55.9 Å². The molecule has 0 unspecified atom stereocenters. The maximum Gasteiger partial charge on any atom is 0.311 e. The molecule has 0 aromatic heterocycles. The molecule has 1 N–H and O–H groups in total. The zero-order valence-corrected chi connectivity index (χ0v) is 13.7. The van der Waals surface area contributed by atoms with E-state index >= 15 is 0 Å². The lowest BCUT2D eigenvalue weighted by Gasteiger charge is -2.33. The summed E-state index contributed by atoms with van der Waals surface area (Å²) in [7, 11) is 0. The van der Waals surface area contributed by atoms with Gasteiger partial charge in [-0.2, -0.15) is 0 Å². The van der Waals surface area contributed by atoms with Crippen LogP contribution in [0.3, 0.4) is 0 Å². The molecular weight excluding hydrogens is 268 g/mol. The van der Waals surface area contributed by atoms with Crippen molar-refractivity contribution in [3.05, 3.63) is 0 Å². The molecule has 122 valence electrons. The summed E-state index contributed by atoms with van der Waals surface area (Å²) in [6.07, 6.45) is 0.879. The van der Waals surface area contributed by atoms with Crippen molar-refractivity contribution in [3.63, 3.8) is 0 Å². The molecule has 1 heterocycles. The second-order valence-electron chi connectivity index (χ2n) is 5.36. The average Bonchev–Trinajstić information content (AvgIpc) is 2.54. The Labute approximate surface area is 128 Å². The standard InChI is InChI=1S/C15H30N4O2/c1-4-17(5-2)9-7-8-16-14(20)15(21)19-12-10-18(6-3)11-13-19/h4-13H2,1-3H3,(H,16,20). The molecule has 0 aromatic rings. The SMILES string of the molecule is CCN(CC)CCCNC(=O)C(=O)N1CCN(CC)CC1. The number of rotatable bonds is 7. The number of nitrogens with zero attached hydrogens (tertiary/aromatic N) is 3. The van der Waals surface area contributed by atoms with Crippen LogP contribution in [0.1, 0.15) is 27.2 Å². The van der Waals surface area contributed by atoms with Gasteiger partial charge >= 0.3 is 11.8 Å². The number of amides is 2. The zero-order chi connectivity index (χ0) is 15.7. The molecule has 6 heteroatoms. The summed E-state index contributed by atoms with van der Waals surface area (Å²) in [6.45, 7) is 13.9. The third-order valence-corrected chi connectivity index (χ3v) is 4.13. The van der Waals surface area contributed by atoms with Crippen molar-refractivity contribution in [3.8, 4) is 0 Å². The molecule has 1 saturated heterocycles. The number of carbonyl (C=O) groups is 2. The van der Waals surface area contributed by atoms with Gasteiger partial charge in [0.25, 0.3) is 0 Å². The van der Waals surface area contributed by atoms with E-state index in [1.807, 2.05) is 0 Å². The van der Waals surface area contributed by atoms with Gasteiger partial charge in [0, 0.05) is 32.7 Å². The summed E-state index contributed by atoms with van der Waals surface area (Å²) in [5.74, 6) is -0.840. The lowest BCUT2D eigenvalue weighted by atomic mass is 10.3. The van der Waals surface area contributed by atoms with E-state index in [1.165, 1.54) is 0 Å². The summed E-state index contributed by atoms with van der Waals surface area (Å²) < 4.78 is 0. The minimum absolute atomic E-state index is 0.381. The Bertz CT molecular complexity index is 324. The fourth-order valence-electron chi connectivity index (χ4n) is 2.53. The van der Waals surface area contributed by atoms with Crippen molar-refractivity contribution in [2.75, 3.05) is 58.9 Å². The lowest BCUT2D eigenvalue weighted by molar-refractivity contribution is -0.146. The number of carbonyl (C=O) groups excluding carboxylic acids is 2. The third kappa shape index (κ3) is 6.01. The van der Waals surface area contributed by atoms with Crippen LogP contribution >= 0.6 is 0 Å². The first-order valence-electron chi connectivity index (χ1n) is 8.14. The number of piperazine rings is 1. The number of likely N-dealkylation sites (N-methyl/N-ethyl adjacent to an activating group) is 1. The minimum Gasteiger partial charge on any atom is -0.348 e. The first-order chi connectivity index (χ1) is 10.1. The quantitative estimate of drug-likeness (QED) is 0.531. The third-order valence-electron chi connectivity index (χ3n) is 4.13. The van der Waals surface area contributed by atoms with Gasteiger partial charge in [0.15, 0.2) is 0 Å². The van der Waals surface area contributed by atoms with E-state index in [0.717, 1.165) is 45.7 Å². The van der Waals surface area contributed by atoms with Gasteiger partial charge in [-0.25, -0.2) is 0 Å². The largest absolute Gasteiger partial charge is 0.348 e. The maximum atomic E-state index is 12.0. The monoisotopic (exact) mass is 298 g/mol. The molecule has 0 aromatic carbocycles. The van der Waals surface area contributed by atoms with Crippen LogP contribution in [0.2, 0.25) is 0 Å². The second kappa shape index (κ2) is 9.73. The van der Waals surface area contributed by atoms with Crippen molar-refractivity contribution >= 4 is 11.8 Å². The Kier molecular flexibility index (Phi) is 8.30. The highest BCUT2D eigenvalue weighted by Gasteiger charge is 2.24. The normalized spacial score (nSPS) is 16.3. The molecule has 0 radical (unpaired) electrons. The van der Waals surface area contributed by atoms with Crippen LogP contribution < -0.4 is 5.32 Å². The lowest BCUT2D eigenvalue weighted by Crippen LogP contribution is -2.52. The number of hydrogen-bond donors (Lipinski definition) is 1. The van der Waals surface area contributed by atoms with Gasteiger partial charge in [0.1, 0.15) is 0 Å². The molecule has 6 nitrogen and oxygen atoms in total. The van der Waals surface area contributed by atoms with Crippen LogP contribution in [-0.2, 0) is 9.59 Å². The highest BCUT2D eigenvalue weighted by molar-refractivity contribution is 6.35. The highest BCUT2D eigenvalue weighted by Crippen LogP contribution is 2.01. The molecule has 0 aliphatic carbocycles. The van der Waals surface area contributed by atoms with Gasteiger partial charge in [-0.05, 0) is 32.6 Å². The molecule has 0 spiro atoms. The van der Waals surface area contributed by atoms with E-state index in [0.29, 0.717) is 19.6 Å². The fraction of sp³-hybridized carbons (Fsp3) is 0.867. The maximum absolute atomic E-state index is 12.0. The van der Waals surface area contributed by atoms with Crippen LogP contribution in [0, 0.1) is 0 Å². The molecule has 0 saturated carbocycles. The summed E-state index contributed by atoms with van der Waals surface area (Å²) in [5.41, 5.74) is 0. The molecule has 0 bridgehead atoms. The Balaban J connectivity index is 2.21. The van der Waals surface area contributed by atoms with Gasteiger partial charge in [0.05, 0.1) is 0 Å². The second-order valence-corrected chi connectivity index (χ2v) is 5.36. The molecule has 1 fully saturated rings. The van der Waals surface area contributed by atoms with E-state index < -0.39 is 5.91 Å². The summed E-state index contributed by atoms with van der Waals surface area (Å²) in [4.78, 5) is 30.1. The first kappa shape index (κ1) is 17.9. The molecule has 1 rings (SSSR count). The predicted octanol–water partition coefficient (Wildman–Crippen LogP) is -0.00140. The molecule has 1 aliphatic heterocycles. The summed E-state index contributed by atoms with van der Waals surface area (Å²) in [5, 5.41) is 2.74. The van der Waals surface area contributed by atoms with Crippen molar-refractivity contribution in [1.29, 1.82) is 0 Å². The number of hydrogen-bond acceptors (Lipinski definition) is 4. The van der Waals surface area contributed by atoms with Crippen LogP contribution in [-0.4, -0.2) is 85.4 Å². The minimum atomic E-state index is -0.459. The van der Waals surface area contributed by atoms with Crippen LogP contribution in [0.15, 0.2) is 0 Å². The van der Waals surface area contributed by atoms with E-state index in [-0.39, 0.29) is 5.91 Å². The predicted molar refractivity (Wildman–Crippen MR) is 84.1 cm³/mol. The van der Waals surface area contributed by atoms with Crippen LogP contribution in [0.5, 0.6) is 0 Å². The Morgan fingerprint density at radius 3 is 2.19 bits per heavy atom. The summed E-state index contributed by atoms with van der Waals surface area (Å²) >= 11 is 0. The van der Waals surface area contributed by atoms with Gasteiger partial charge < -0.3 is 20.0 Å². The fourth-order valence-corrected chi connectivity index (χ4v) is 2.53. The van der Waals surface area contributed by atoms with E-state index in [1.54, 1.807) is 4.90 Å².